The number of anilines is 1. The van der Waals surface area contributed by atoms with Gasteiger partial charge >= 0.3 is 0 Å². The number of nitrogens with zero attached hydrogens (tertiary/aromatic N) is 3. The zero-order chi connectivity index (χ0) is 21.8. The molecule has 6 nitrogen and oxygen atoms in total. The summed E-state index contributed by atoms with van der Waals surface area (Å²) < 4.78 is 27.3. The van der Waals surface area contributed by atoms with Gasteiger partial charge in [0.25, 0.3) is 0 Å². The first-order valence-corrected chi connectivity index (χ1v) is 12.7. The standard InChI is InChI=1S/C22H23ClN4O2S2/c1-16-10-12-27(13-11-16)31(28,29)20-8-4-18(5-9-20)21-15-30-22(25-21)26-24-14-17-2-6-19(23)7-3-17/h2-9,14-16H,10-13H2,1H3,(H,25,26)/b24-14+. The van der Waals surface area contributed by atoms with Gasteiger partial charge in [0, 0.05) is 29.1 Å². The maximum Gasteiger partial charge on any atom is 0.243 e. The van der Waals surface area contributed by atoms with Gasteiger partial charge in [-0.15, -0.1) is 11.3 Å². The minimum atomic E-state index is -3.44. The van der Waals surface area contributed by atoms with Crippen molar-refractivity contribution in [3.63, 3.8) is 0 Å². The van der Waals surface area contributed by atoms with E-state index in [1.54, 1.807) is 46.9 Å². The van der Waals surface area contributed by atoms with Crippen molar-refractivity contribution in [2.75, 3.05) is 18.5 Å². The molecule has 1 aliphatic heterocycles. The van der Waals surface area contributed by atoms with E-state index in [0.29, 0.717) is 34.1 Å². The van der Waals surface area contributed by atoms with Gasteiger partial charge in [-0.3, -0.25) is 5.43 Å². The predicted octanol–water partition coefficient (Wildman–Crippen LogP) is 5.33. The minimum Gasteiger partial charge on any atom is -0.253 e. The van der Waals surface area contributed by atoms with E-state index in [0.717, 1.165) is 29.7 Å². The van der Waals surface area contributed by atoms with Gasteiger partial charge in [0.1, 0.15) is 0 Å². The highest BCUT2D eigenvalue weighted by Crippen LogP contribution is 2.28. The van der Waals surface area contributed by atoms with Crippen LogP contribution in [0.2, 0.25) is 5.02 Å². The Kier molecular flexibility index (Phi) is 6.71. The molecular weight excluding hydrogens is 452 g/mol. The second-order valence-electron chi connectivity index (χ2n) is 7.57. The Morgan fingerprint density at radius 2 is 1.81 bits per heavy atom. The van der Waals surface area contributed by atoms with Gasteiger partial charge in [-0.2, -0.15) is 9.41 Å². The summed E-state index contributed by atoms with van der Waals surface area (Å²) in [5, 5.41) is 7.44. The Bertz CT molecular complexity index is 1150. The number of aromatic nitrogens is 1. The summed E-state index contributed by atoms with van der Waals surface area (Å²) in [6.45, 7) is 3.34. The van der Waals surface area contributed by atoms with Crippen molar-refractivity contribution < 1.29 is 8.42 Å². The molecule has 9 heteroatoms. The third-order valence-electron chi connectivity index (χ3n) is 5.28. The fourth-order valence-corrected chi connectivity index (χ4v) is 5.60. The molecule has 2 heterocycles. The molecule has 1 N–H and O–H groups in total. The fourth-order valence-electron chi connectivity index (χ4n) is 3.34. The lowest BCUT2D eigenvalue weighted by Gasteiger charge is -2.29. The molecule has 0 aliphatic carbocycles. The van der Waals surface area contributed by atoms with Crippen LogP contribution in [-0.2, 0) is 10.0 Å². The molecule has 0 radical (unpaired) electrons. The van der Waals surface area contributed by atoms with Crippen LogP contribution < -0.4 is 5.43 Å². The van der Waals surface area contributed by atoms with Gasteiger partial charge in [-0.25, -0.2) is 13.4 Å². The number of rotatable bonds is 6. The van der Waals surface area contributed by atoms with E-state index in [4.69, 9.17) is 11.6 Å². The summed E-state index contributed by atoms with van der Waals surface area (Å²) in [4.78, 5) is 4.85. The number of benzene rings is 2. The second-order valence-corrected chi connectivity index (χ2v) is 10.8. The summed E-state index contributed by atoms with van der Waals surface area (Å²) in [5.41, 5.74) is 5.47. The molecule has 0 unspecified atom stereocenters. The molecule has 1 fully saturated rings. The van der Waals surface area contributed by atoms with Crippen LogP contribution in [0.3, 0.4) is 0 Å². The van der Waals surface area contributed by atoms with Crippen LogP contribution >= 0.6 is 22.9 Å². The summed E-state index contributed by atoms with van der Waals surface area (Å²) in [5.74, 6) is 0.580. The van der Waals surface area contributed by atoms with Gasteiger partial charge in [0.2, 0.25) is 15.2 Å². The number of thiazole rings is 1. The van der Waals surface area contributed by atoms with Crippen molar-refractivity contribution in [2.45, 2.75) is 24.7 Å². The molecule has 2 aromatic carbocycles. The van der Waals surface area contributed by atoms with Crippen LogP contribution in [0.5, 0.6) is 0 Å². The number of nitrogens with one attached hydrogen (secondary N) is 1. The SMILES string of the molecule is CC1CCN(S(=O)(=O)c2ccc(-c3csc(N/N=C/c4ccc(Cl)cc4)n3)cc2)CC1. The average Bonchev–Trinajstić information content (AvgIpc) is 3.24. The normalized spacial score (nSPS) is 16.1. The van der Waals surface area contributed by atoms with Gasteiger partial charge in [-0.05, 0) is 48.6 Å². The fraction of sp³-hybridized carbons (Fsp3) is 0.273. The Morgan fingerprint density at radius 1 is 1.13 bits per heavy atom. The van der Waals surface area contributed by atoms with E-state index in [1.807, 2.05) is 17.5 Å². The third kappa shape index (κ3) is 5.33. The number of hydrazone groups is 1. The van der Waals surface area contributed by atoms with E-state index < -0.39 is 10.0 Å². The van der Waals surface area contributed by atoms with Crippen LogP contribution in [-0.4, -0.2) is 37.0 Å². The molecule has 31 heavy (non-hydrogen) atoms. The van der Waals surface area contributed by atoms with Crippen LogP contribution in [0, 0.1) is 5.92 Å². The van der Waals surface area contributed by atoms with E-state index in [9.17, 15) is 8.42 Å². The number of piperidine rings is 1. The molecule has 0 spiro atoms. The summed E-state index contributed by atoms with van der Waals surface area (Å²) in [6.07, 6.45) is 3.51. The molecular formula is C22H23ClN4O2S2. The Balaban J connectivity index is 1.41. The number of sulfonamides is 1. The maximum atomic E-state index is 12.9. The Hall–Kier alpha value is -2.26. The largest absolute Gasteiger partial charge is 0.253 e. The highest BCUT2D eigenvalue weighted by Gasteiger charge is 2.27. The van der Waals surface area contributed by atoms with Gasteiger partial charge in [0.05, 0.1) is 16.8 Å². The lowest BCUT2D eigenvalue weighted by Crippen LogP contribution is -2.37. The molecule has 1 saturated heterocycles. The molecule has 0 amide bonds. The lowest BCUT2D eigenvalue weighted by atomic mass is 10.0. The summed E-state index contributed by atoms with van der Waals surface area (Å²) in [6, 6.07) is 14.3. The van der Waals surface area contributed by atoms with Crippen molar-refractivity contribution in [1.82, 2.24) is 9.29 Å². The van der Waals surface area contributed by atoms with Crippen LogP contribution in [0.25, 0.3) is 11.3 Å². The predicted molar refractivity (Wildman–Crippen MR) is 127 cm³/mol. The van der Waals surface area contributed by atoms with Gasteiger partial charge in [-0.1, -0.05) is 42.8 Å². The number of hydrogen-bond donors (Lipinski definition) is 1. The van der Waals surface area contributed by atoms with Crippen molar-refractivity contribution in [3.8, 4) is 11.3 Å². The highest BCUT2D eigenvalue weighted by molar-refractivity contribution is 7.89. The minimum absolute atomic E-state index is 0.326. The van der Waals surface area contributed by atoms with Crippen molar-refractivity contribution in [2.24, 2.45) is 11.0 Å². The first-order valence-electron chi connectivity index (χ1n) is 10.0. The molecule has 0 atom stereocenters. The van der Waals surface area contributed by atoms with Crippen LogP contribution in [0.4, 0.5) is 5.13 Å². The van der Waals surface area contributed by atoms with Gasteiger partial charge in [0.15, 0.2) is 0 Å². The van der Waals surface area contributed by atoms with E-state index in [2.05, 4.69) is 22.4 Å². The van der Waals surface area contributed by atoms with E-state index >= 15 is 0 Å². The van der Waals surface area contributed by atoms with Crippen molar-refractivity contribution in [3.05, 3.63) is 64.5 Å². The molecule has 162 valence electrons. The van der Waals surface area contributed by atoms with Crippen molar-refractivity contribution in [1.29, 1.82) is 0 Å². The molecule has 0 bridgehead atoms. The van der Waals surface area contributed by atoms with Gasteiger partial charge < -0.3 is 0 Å². The molecule has 4 rings (SSSR count). The first-order chi connectivity index (χ1) is 14.9. The smallest absolute Gasteiger partial charge is 0.243 e. The Morgan fingerprint density at radius 3 is 2.48 bits per heavy atom. The van der Waals surface area contributed by atoms with Crippen LogP contribution in [0.1, 0.15) is 25.3 Å². The zero-order valence-electron chi connectivity index (χ0n) is 17.0. The third-order valence-corrected chi connectivity index (χ3v) is 8.19. The zero-order valence-corrected chi connectivity index (χ0v) is 19.4. The number of hydrogen-bond acceptors (Lipinski definition) is 6. The quantitative estimate of drug-likeness (QED) is 0.387. The first kappa shape index (κ1) is 22.0. The topological polar surface area (TPSA) is 74.7 Å². The average molecular weight is 475 g/mol. The van der Waals surface area contributed by atoms with Crippen LogP contribution in [0.15, 0.2) is 63.9 Å². The van der Waals surface area contributed by atoms with E-state index in [-0.39, 0.29) is 0 Å². The monoisotopic (exact) mass is 474 g/mol. The second kappa shape index (κ2) is 9.48. The number of halogens is 1. The Labute approximate surface area is 191 Å². The maximum absolute atomic E-state index is 12.9. The lowest BCUT2D eigenvalue weighted by molar-refractivity contribution is 0.288. The van der Waals surface area contributed by atoms with Crippen molar-refractivity contribution >= 4 is 44.3 Å². The molecule has 0 saturated carbocycles. The summed E-state index contributed by atoms with van der Waals surface area (Å²) in [7, 11) is -3.44. The summed E-state index contributed by atoms with van der Waals surface area (Å²) >= 11 is 7.31. The molecule has 1 aromatic heterocycles. The highest BCUT2D eigenvalue weighted by atomic mass is 35.5. The van der Waals surface area contributed by atoms with E-state index in [1.165, 1.54) is 11.3 Å². The molecule has 3 aromatic rings. The molecule has 1 aliphatic rings.